The second-order valence-corrected chi connectivity index (χ2v) is 11.2. The van der Waals surface area contributed by atoms with Crippen LogP contribution in [0.2, 0.25) is 0 Å². The van der Waals surface area contributed by atoms with Crippen molar-refractivity contribution in [3.63, 3.8) is 0 Å². The first-order valence-electron chi connectivity index (χ1n) is 11.4. The van der Waals surface area contributed by atoms with Crippen LogP contribution in [0.4, 0.5) is 0 Å². The summed E-state index contributed by atoms with van der Waals surface area (Å²) in [5.41, 5.74) is 1.11. The van der Waals surface area contributed by atoms with Crippen LogP contribution in [0.25, 0.3) is 0 Å². The van der Waals surface area contributed by atoms with Gasteiger partial charge in [-0.05, 0) is 62.4 Å². The summed E-state index contributed by atoms with van der Waals surface area (Å²) in [6.45, 7) is 13.5. The first kappa shape index (κ1) is 36.4. The van der Waals surface area contributed by atoms with Crippen LogP contribution < -0.4 is 0 Å². The Kier molecular flexibility index (Phi) is 21.0. The molecule has 2 aromatic rings. The van der Waals surface area contributed by atoms with Gasteiger partial charge in [0.1, 0.15) is 0 Å². The zero-order chi connectivity index (χ0) is 29.0. The average molecular weight is 559 g/mol. The van der Waals surface area contributed by atoms with Gasteiger partial charge in [-0.2, -0.15) is 0 Å². The standard InChI is InChI=1S/C12H16O3S.C12H16O2S.C2H4O2.H2O2/c1-4-15-12(13)10-5-7-11(8-6-10)16(14)9(2)3;1-4-14-12(13)10-5-7-11(8-6-10)15-9(2)3;1-2(3)4;1-2/h5-9H,4H2,1-3H3;5-9H,4H2,1-3H3;1H3,(H,3,4);1-2H. The summed E-state index contributed by atoms with van der Waals surface area (Å²) in [5, 5.41) is 20.0. The van der Waals surface area contributed by atoms with Crippen LogP contribution in [0.15, 0.2) is 58.3 Å². The van der Waals surface area contributed by atoms with E-state index in [0.717, 1.165) is 11.8 Å². The molecule has 0 aliphatic heterocycles. The summed E-state index contributed by atoms with van der Waals surface area (Å²) in [6.07, 6.45) is 0. The smallest absolute Gasteiger partial charge is 0.338 e. The minimum absolute atomic E-state index is 0.0773. The van der Waals surface area contributed by atoms with E-state index in [0.29, 0.717) is 29.6 Å². The highest BCUT2D eigenvalue weighted by atomic mass is 32.2. The molecule has 37 heavy (non-hydrogen) atoms. The van der Waals surface area contributed by atoms with Crippen LogP contribution in [-0.2, 0) is 25.1 Å². The maximum absolute atomic E-state index is 11.7. The summed E-state index contributed by atoms with van der Waals surface area (Å²) in [7, 11) is -1.01. The van der Waals surface area contributed by atoms with Crippen molar-refractivity contribution in [1.82, 2.24) is 0 Å². The molecule has 0 heterocycles. The van der Waals surface area contributed by atoms with Gasteiger partial charge in [0.25, 0.3) is 5.97 Å². The van der Waals surface area contributed by atoms with Crippen molar-refractivity contribution in [2.45, 2.75) is 68.8 Å². The highest BCUT2D eigenvalue weighted by Gasteiger charge is 2.10. The van der Waals surface area contributed by atoms with E-state index < -0.39 is 16.8 Å². The van der Waals surface area contributed by atoms with E-state index in [9.17, 15) is 13.8 Å². The van der Waals surface area contributed by atoms with Crippen molar-refractivity contribution < 1.29 is 43.7 Å². The molecule has 0 aliphatic rings. The lowest BCUT2D eigenvalue weighted by atomic mass is 10.2. The quantitative estimate of drug-likeness (QED) is 0.156. The molecule has 0 bridgehead atoms. The molecule has 2 rings (SSSR count). The largest absolute Gasteiger partial charge is 0.481 e. The molecule has 0 saturated carbocycles. The molecular formula is C26H38O9S2. The molecule has 208 valence electrons. The van der Waals surface area contributed by atoms with Crippen LogP contribution >= 0.6 is 11.8 Å². The average Bonchev–Trinajstić information content (AvgIpc) is 2.85. The van der Waals surface area contributed by atoms with Crippen molar-refractivity contribution in [1.29, 1.82) is 0 Å². The number of carboxylic acid groups (broad SMARTS) is 1. The topological polar surface area (TPSA) is 147 Å². The van der Waals surface area contributed by atoms with Gasteiger partial charge < -0.3 is 14.6 Å². The summed E-state index contributed by atoms with van der Waals surface area (Å²) < 4.78 is 21.5. The first-order valence-corrected chi connectivity index (χ1v) is 13.5. The van der Waals surface area contributed by atoms with Crippen molar-refractivity contribution in [3.8, 4) is 0 Å². The predicted octanol–water partition coefficient (Wildman–Crippen LogP) is 5.85. The second kappa shape index (κ2) is 21.4. The van der Waals surface area contributed by atoms with Gasteiger partial charge in [0, 0.05) is 27.2 Å². The Hall–Kier alpha value is -2.73. The molecule has 1 unspecified atom stereocenters. The number of carbonyl (C=O) groups excluding carboxylic acids is 2. The fourth-order valence-electron chi connectivity index (χ4n) is 2.37. The molecule has 0 spiro atoms. The highest BCUT2D eigenvalue weighted by molar-refractivity contribution is 7.99. The van der Waals surface area contributed by atoms with E-state index in [4.69, 9.17) is 29.9 Å². The monoisotopic (exact) mass is 558 g/mol. The van der Waals surface area contributed by atoms with Gasteiger partial charge in [0.2, 0.25) is 0 Å². The van der Waals surface area contributed by atoms with E-state index >= 15 is 0 Å². The number of carbonyl (C=O) groups is 3. The number of hydrogen-bond donors (Lipinski definition) is 3. The number of hydrogen-bond acceptors (Lipinski definition) is 9. The lowest BCUT2D eigenvalue weighted by molar-refractivity contribution is -0.176. The minimum atomic E-state index is -1.01. The third-order valence-electron chi connectivity index (χ3n) is 3.76. The minimum Gasteiger partial charge on any atom is -0.481 e. The first-order chi connectivity index (χ1) is 17.4. The third kappa shape index (κ3) is 17.4. The van der Waals surface area contributed by atoms with Crippen molar-refractivity contribution >= 4 is 40.5 Å². The van der Waals surface area contributed by atoms with Crippen LogP contribution in [0, 0.1) is 0 Å². The SMILES string of the molecule is CC(=O)O.CCOC(=O)c1ccc(S(=O)C(C)C)cc1.CCOC(=O)c1ccc(SC(C)C)cc1.OO. The Balaban J connectivity index is 0. The zero-order valence-electron chi connectivity index (χ0n) is 22.3. The van der Waals surface area contributed by atoms with Gasteiger partial charge in [0.15, 0.2) is 0 Å². The van der Waals surface area contributed by atoms with Gasteiger partial charge in [0.05, 0.1) is 35.1 Å². The van der Waals surface area contributed by atoms with Crippen LogP contribution in [0.1, 0.15) is 69.2 Å². The third-order valence-corrected chi connectivity index (χ3v) is 6.37. The fourth-order valence-corrected chi connectivity index (χ4v) is 4.15. The number of carboxylic acids is 1. The summed E-state index contributed by atoms with van der Waals surface area (Å²) in [4.78, 5) is 33.6. The summed E-state index contributed by atoms with van der Waals surface area (Å²) in [5.74, 6) is -1.43. The number of ether oxygens (including phenoxy) is 2. The Morgan fingerprint density at radius 1 is 0.811 bits per heavy atom. The molecule has 0 aliphatic carbocycles. The Morgan fingerprint density at radius 3 is 1.46 bits per heavy atom. The Labute approximate surface area is 225 Å². The molecule has 0 amide bonds. The molecule has 0 fully saturated rings. The van der Waals surface area contributed by atoms with Gasteiger partial charge >= 0.3 is 11.9 Å². The van der Waals surface area contributed by atoms with Crippen LogP contribution in [0.3, 0.4) is 0 Å². The van der Waals surface area contributed by atoms with Crippen LogP contribution in [0.5, 0.6) is 0 Å². The van der Waals surface area contributed by atoms with Crippen molar-refractivity contribution in [2.24, 2.45) is 0 Å². The molecule has 0 aromatic heterocycles. The molecule has 3 N–H and O–H groups in total. The van der Waals surface area contributed by atoms with E-state index in [1.54, 1.807) is 49.9 Å². The Bertz CT molecular complexity index is 938. The summed E-state index contributed by atoms with van der Waals surface area (Å²) in [6, 6.07) is 14.2. The fraction of sp³-hybridized carbons (Fsp3) is 0.423. The summed E-state index contributed by atoms with van der Waals surface area (Å²) >= 11 is 1.78. The van der Waals surface area contributed by atoms with E-state index in [2.05, 4.69) is 13.8 Å². The van der Waals surface area contributed by atoms with Crippen LogP contribution in [-0.4, -0.2) is 61.5 Å². The molecule has 0 radical (unpaired) electrons. The van der Waals surface area contributed by atoms with Crippen molar-refractivity contribution in [3.05, 3.63) is 59.7 Å². The van der Waals surface area contributed by atoms with Gasteiger partial charge in [-0.3, -0.25) is 19.5 Å². The van der Waals surface area contributed by atoms with E-state index in [1.807, 2.05) is 38.1 Å². The lowest BCUT2D eigenvalue weighted by Gasteiger charge is -2.06. The number of benzene rings is 2. The molecule has 0 saturated heterocycles. The normalized spacial score (nSPS) is 10.5. The molecule has 11 heteroatoms. The molecular weight excluding hydrogens is 520 g/mol. The van der Waals surface area contributed by atoms with Gasteiger partial charge in [-0.1, -0.05) is 27.7 Å². The molecule has 1 atom stereocenters. The van der Waals surface area contributed by atoms with E-state index in [1.165, 1.54) is 4.90 Å². The number of rotatable bonds is 8. The second-order valence-electron chi connectivity index (χ2n) is 7.52. The predicted molar refractivity (Wildman–Crippen MR) is 146 cm³/mol. The Morgan fingerprint density at radius 2 is 1.16 bits per heavy atom. The van der Waals surface area contributed by atoms with E-state index in [-0.39, 0.29) is 17.2 Å². The maximum atomic E-state index is 11.7. The number of esters is 2. The molecule has 9 nitrogen and oxygen atoms in total. The maximum Gasteiger partial charge on any atom is 0.338 e. The number of aliphatic carboxylic acids is 1. The zero-order valence-corrected chi connectivity index (χ0v) is 23.9. The van der Waals surface area contributed by atoms with Gasteiger partial charge in [-0.25, -0.2) is 9.59 Å². The van der Waals surface area contributed by atoms with Crippen molar-refractivity contribution in [2.75, 3.05) is 13.2 Å². The van der Waals surface area contributed by atoms with Gasteiger partial charge in [-0.15, -0.1) is 11.8 Å². The highest BCUT2D eigenvalue weighted by Crippen LogP contribution is 2.23. The lowest BCUT2D eigenvalue weighted by Crippen LogP contribution is -2.07. The number of thioether (sulfide) groups is 1. The molecule has 2 aromatic carbocycles.